The van der Waals surface area contributed by atoms with E-state index < -0.39 is 17.7 Å². The zero-order chi connectivity index (χ0) is 26.8. The molecule has 5 rings (SSSR count). The van der Waals surface area contributed by atoms with Gasteiger partial charge in [-0.2, -0.15) is 0 Å². The topological polar surface area (TPSA) is 89.0 Å². The predicted octanol–water partition coefficient (Wildman–Crippen LogP) is 6.42. The van der Waals surface area contributed by atoms with Gasteiger partial charge in [0, 0.05) is 5.56 Å². The lowest BCUT2D eigenvalue weighted by molar-refractivity contribution is -0.132. The van der Waals surface area contributed by atoms with Gasteiger partial charge < -0.3 is 14.6 Å². The van der Waals surface area contributed by atoms with E-state index in [1.54, 1.807) is 12.1 Å². The summed E-state index contributed by atoms with van der Waals surface area (Å²) in [5, 5.41) is 11.7. The molecule has 0 spiro atoms. The highest BCUT2D eigenvalue weighted by Crippen LogP contribution is 2.45. The zero-order valence-corrected chi connectivity index (χ0v) is 22.2. The Labute approximate surface area is 225 Å². The van der Waals surface area contributed by atoms with E-state index in [4.69, 9.17) is 9.47 Å². The van der Waals surface area contributed by atoms with Crippen LogP contribution in [0.5, 0.6) is 11.5 Å². The summed E-state index contributed by atoms with van der Waals surface area (Å²) in [6, 6.07) is 19.1. The van der Waals surface area contributed by atoms with Crippen LogP contribution in [0.1, 0.15) is 43.0 Å². The fourth-order valence-corrected chi connectivity index (χ4v) is 5.45. The number of aliphatic hydroxyl groups excluding tert-OH is 1. The van der Waals surface area contributed by atoms with Gasteiger partial charge in [-0.3, -0.25) is 14.5 Å². The Bertz CT molecular complexity index is 1520. The number of carbonyl (C=O) groups excluding carboxylic acids is 2. The second kappa shape index (κ2) is 10.7. The third-order valence-electron chi connectivity index (χ3n) is 6.30. The van der Waals surface area contributed by atoms with E-state index in [2.05, 4.69) is 4.98 Å². The molecule has 0 radical (unpaired) electrons. The molecule has 8 heteroatoms. The number of Topliss-reactive ketones (excluding diaryl/α,β-unsaturated/α-hetero) is 1. The fourth-order valence-electron chi connectivity index (χ4n) is 4.43. The SMILES string of the molecule is CCCOc1ccc(C2C(=C(O)c3ccc(C)cc3)C(=O)C(=O)N2c2nc3ccc(OCC)cc3s2)cc1. The highest BCUT2D eigenvalue weighted by atomic mass is 32.1. The van der Waals surface area contributed by atoms with Gasteiger partial charge >= 0.3 is 5.91 Å². The quantitative estimate of drug-likeness (QED) is 0.161. The van der Waals surface area contributed by atoms with Crippen LogP contribution < -0.4 is 14.4 Å². The van der Waals surface area contributed by atoms with Gasteiger partial charge in [0.05, 0.1) is 35.0 Å². The van der Waals surface area contributed by atoms with Gasteiger partial charge in [-0.1, -0.05) is 60.2 Å². The molecule has 0 bridgehead atoms. The number of hydrogen-bond donors (Lipinski definition) is 1. The van der Waals surface area contributed by atoms with E-state index in [9.17, 15) is 14.7 Å². The van der Waals surface area contributed by atoms with Crippen molar-refractivity contribution in [2.24, 2.45) is 0 Å². The Balaban J connectivity index is 1.65. The molecule has 2 heterocycles. The van der Waals surface area contributed by atoms with Crippen molar-refractivity contribution in [1.29, 1.82) is 0 Å². The fraction of sp³-hybridized carbons (Fsp3) is 0.233. The van der Waals surface area contributed by atoms with Crippen molar-refractivity contribution in [3.05, 3.63) is 89.0 Å². The molecule has 7 nitrogen and oxygen atoms in total. The largest absolute Gasteiger partial charge is 0.507 e. The number of amides is 1. The summed E-state index contributed by atoms with van der Waals surface area (Å²) in [4.78, 5) is 33.0. The molecule has 194 valence electrons. The lowest BCUT2D eigenvalue weighted by Gasteiger charge is -2.23. The van der Waals surface area contributed by atoms with E-state index in [1.165, 1.54) is 16.2 Å². The van der Waals surface area contributed by atoms with E-state index in [0.29, 0.717) is 46.5 Å². The molecule has 1 aliphatic rings. The summed E-state index contributed by atoms with van der Waals surface area (Å²) >= 11 is 1.30. The number of anilines is 1. The highest BCUT2D eigenvalue weighted by Gasteiger charge is 2.48. The standard InChI is InChI=1S/C30H28N2O5S/c1-4-16-37-21-12-10-19(11-13-21)26-25(27(33)20-8-6-18(3)7-9-20)28(34)29(35)32(26)30-31-23-15-14-22(36-5-2)17-24(23)38-30/h6-15,17,26,33H,4-5,16H2,1-3H3. The molecule has 1 atom stereocenters. The molecule has 1 fully saturated rings. The van der Waals surface area contributed by atoms with Gasteiger partial charge in [-0.15, -0.1) is 0 Å². The first-order valence-corrected chi connectivity index (χ1v) is 13.4. The van der Waals surface area contributed by atoms with Gasteiger partial charge in [0.25, 0.3) is 5.78 Å². The molecule has 0 saturated carbocycles. The lowest BCUT2D eigenvalue weighted by Crippen LogP contribution is -2.29. The van der Waals surface area contributed by atoms with Crippen molar-refractivity contribution in [1.82, 2.24) is 4.98 Å². The zero-order valence-electron chi connectivity index (χ0n) is 21.4. The summed E-state index contributed by atoms with van der Waals surface area (Å²) < 4.78 is 12.2. The predicted molar refractivity (Wildman–Crippen MR) is 149 cm³/mol. The Morgan fingerprint density at radius 2 is 1.68 bits per heavy atom. The molecular formula is C30H28N2O5S. The third-order valence-corrected chi connectivity index (χ3v) is 7.32. The number of benzene rings is 3. The summed E-state index contributed by atoms with van der Waals surface area (Å²) in [5.74, 6) is -0.319. The van der Waals surface area contributed by atoms with Gasteiger partial charge in [0.2, 0.25) is 0 Å². The van der Waals surface area contributed by atoms with Crippen molar-refractivity contribution in [3.8, 4) is 11.5 Å². The molecule has 1 amide bonds. The minimum absolute atomic E-state index is 0.0235. The maximum absolute atomic E-state index is 13.5. The average molecular weight is 529 g/mol. The number of carbonyl (C=O) groups is 2. The van der Waals surface area contributed by atoms with Crippen LogP contribution in [-0.4, -0.2) is 35.0 Å². The van der Waals surface area contributed by atoms with Crippen molar-refractivity contribution in [2.45, 2.75) is 33.2 Å². The average Bonchev–Trinajstić information content (AvgIpc) is 3.45. The lowest BCUT2D eigenvalue weighted by atomic mass is 9.95. The molecule has 1 aromatic heterocycles. The van der Waals surface area contributed by atoms with Crippen molar-refractivity contribution in [3.63, 3.8) is 0 Å². The summed E-state index contributed by atoms with van der Waals surface area (Å²) in [6.45, 7) is 7.00. The maximum Gasteiger partial charge on any atom is 0.301 e. The van der Waals surface area contributed by atoms with Gasteiger partial charge in [-0.25, -0.2) is 4.98 Å². The molecule has 4 aromatic rings. The number of hydrogen-bond acceptors (Lipinski definition) is 7. The second-order valence-corrected chi connectivity index (χ2v) is 10.0. The van der Waals surface area contributed by atoms with Crippen LogP contribution in [0.25, 0.3) is 16.0 Å². The Hall–Kier alpha value is -4.17. The number of thiazole rings is 1. The molecular weight excluding hydrogens is 500 g/mol. The first-order chi connectivity index (χ1) is 18.4. The maximum atomic E-state index is 13.5. The van der Waals surface area contributed by atoms with Gasteiger partial charge in [-0.05, 0) is 56.2 Å². The molecule has 1 N–H and O–H groups in total. The number of ether oxygens (including phenoxy) is 2. The number of rotatable bonds is 8. The number of nitrogens with zero attached hydrogens (tertiary/aromatic N) is 2. The molecule has 3 aromatic carbocycles. The summed E-state index contributed by atoms with van der Waals surface area (Å²) in [6.07, 6.45) is 0.876. The van der Waals surface area contributed by atoms with E-state index in [1.807, 2.05) is 75.4 Å². The van der Waals surface area contributed by atoms with Crippen molar-refractivity contribution < 1.29 is 24.2 Å². The van der Waals surface area contributed by atoms with Crippen molar-refractivity contribution in [2.75, 3.05) is 18.1 Å². The van der Waals surface area contributed by atoms with E-state index in [0.717, 1.165) is 16.7 Å². The third kappa shape index (κ3) is 4.75. The normalized spacial score (nSPS) is 16.8. The number of aryl methyl sites for hydroxylation is 1. The minimum Gasteiger partial charge on any atom is -0.507 e. The van der Waals surface area contributed by atoms with Crippen LogP contribution in [0.4, 0.5) is 5.13 Å². The van der Waals surface area contributed by atoms with Crippen LogP contribution in [0.15, 0.2) is 72.3 Å². The summed E-state index contributed by atoms with van der Waals surface area (Å²) in [5.41, 5.74) is 2.86. The van der Waals surface area contributed by atoms with Crippen LogP contribution in [-0.2, 0) is 9.59 Å². The number of aromatic nitrogens is 1. The van der Waals surface area contributed by atoms with E-state index >= 15 is 0 Å². The first-order valence-electron chi connectivity index (χ1n) is 12.6. The molecule has 1 saturated heterocycles. The smallest absolute Gasteiger partial charge is 0.301 e. The Kier molecular flexibility index (Phi) is 7.15. The van der Waals surface area contributed by atoms with Crippen LogP contribution in [0, 0.1) is 6.92 Å². The first kappa shape index (κ1) is 25.5. The summed E-state index contributed by atoms with van der Waals surface area (Å²) in [7, 11) is 0. The minimum atomic E-state index is -0.858. The molecule has 0 aliphatic carbocycles. The molecule has 38 heavy (non-hydrogen) atoms. The van der Waals surface area contributed by atoms with Crippen LogP contribution in [0.2, 0.25) is 0 Å². The van der Waals surface area contributed by atoms with Crippen LogP contribution in [0.3, 0.4) is 0 Å². The molecule has 1 aliphatic heterocycles. The second-order valence-electron chi connectivity index (χ2n) is 9.01. The Morgan fingerprint density at radius 3 is 2.37 bits per heavy atom. The van der Waals surface area contributed by atoms with Gasteiger partial charge in [0.15, 0.2) is 5.13 Å². The molecule has 1 unspecified atom stereocenters. The number of fused-ring (bicyclic) bond motifs is 1. The van der Waals surface area contributed by atoms with E-state index in [-0.39, 0.29) is 11.3 Å². The van der Waals surface area contributed by atoms with Crippen LogP contribution >= 0.6 is 11.3 Å². The Morgan fingerprint density at radius 1 is 0.974 bits per heavy atom. The number of aliphatic hydroxyl groups is 1. The van der Waals surface area contributed by atoms with Gasteiger partial charge in [0.1, 0.15) is 17.3 Å². The highest BCUT2D eigenvalue weighted by molar-refractivity contribution is 7.22. The van der Waals surface area contributed by atoms with Crippen molar-refractivity contribution >= 4 is 44.1 Å². The monoisotopic (exact) mass is 528 g/mol. The number of ketones is 1.